The van der Waals surface area contributed by atoms with Gasteiger partial charge in [-0.3, -0.25) is 14.6 Å². The van der Waals surface area contributed by atoms with E-state index in [-0.39, 0.29) is 5.91 Å². The van der Waals surface area contributed by atoms with Gasteiger partial charge in [-0.05, 0) is 56.5 Å². The number of hydrogen-bond acceptors (Lipinski definition) is 8. The predicted octanol–water partition coefficient (Wildman–Crippen LogP) is 2.85. The third-order valence-corrected chi connectivity index (χ3v) is 7.48. The van der Waals surface area contributed by atoms with Gasteiger partial charge in [0.2, 0.25) is 5.91 Å². The quantitative estimate of drug-likeness (QED) is 0.409. The lowest BCUT2D eigenvalue weighted by molar-refractivity contribution is -0.0373. The summed E-state index contributed by atoms with van der Waals surface area (Å²) in [6.07, 6.45) is 7.68. The molecule has 2 aliphatic rings. The minimum absolute atomic E-state index is 0.144. The lowest BCUT2D eigenvalue weighted by atomic mass is 9.86. The molecule has 11 heteroatoms. The standard InChI is InChI=1S/C29H29N7O4/c1-29(2)16-40-10-9-35(29)27(38)24-20-6-5-17-12-23(39-3)21(18-11-19(26(30)37)15-31-14-18)13-22(17)25(20)36(34-24)28-32-7-4-8-33-28/h4,7-8,11-15H,5-6,9-10,16H2,1-3H3,(H2,30,37). The van der Waals surface area contributed by atoms with Gasteiger partial charge in [0.25, 0.3) is 11.9 Å². The van der Waals surface area contributed by atoms with Gasteiger partial charge in [-0.2, -0.15) is 9.78 Å². The summed E-state index contributed by atoms with van der Waals surface area (Å²) >= 11 is 0. The number of carbonyl (C=O) groups is 2. The van der Waals surface area contributed by atoms with Crippen LogP contribution in [0.3, 0.4) is 0 Å². The predicted molar refractivity (Wildman–Crippen MR) is 146 cm³/mol. The number of ether oxygens (including phenoxy) is 2. The second kappa shape index (κ2) is 9.83. The molecule has 2 N–H and O–H groups in total. The van der Waals surface area contributed by atoms with E-state index in [4.69, 9.17) is 20.3 Å². The number of nitrogens with two attached hydrogens (primary N) is 1. The summed E-state index contributed by atoms with van der Waals surface area (Å²) in [5.41, 5.74) is 10.6. The van der Waals surface area contributed by atoms with E-state index in [1.807, 2.05) is 30.9 Å². The van der Waals surface area contributed by atoms with E-state index in [0.717, 1.165) is 27.9 Å². The molecule has 6 rings (SSSR count). The van der Waals surface area contributed by atoms with Gasteiger partial charge in [0.05, 0.1) is 37.1 Å². The fraction of sp³-hybridized carbons (Fsp3) is 0.310. The smallest absolute Gasteiger partial charge is 0.275 e. The number of pyridine rings is 1. The Balaban J connectivity index is 1.56. The number of rotatable bonds is 5. The maximum atomic E-state index is 14.0. The molecule has 0 atom stereocenters. The fourth-order valence-corrected chi connectivity index (χ4v) is 5.47. The van der Waals surface area contributed by atoms with Crippen molar-refractivity contribution in [3.05, 3.63) is 71.4 Å². The second-order valence-corrected chi connectivity index (χ2v) is 10.5. The Hall–Kier alpha value is -4.64. The number of aryl methyl sites for hydroxylation is 1. The van der Waals surface area contributed by atoms with Crippen LogP contribution in [0.4, 0.5) is 0 Å². The lowest BCUT2D eigenvalue weighted by Gasteiger charge is -2.41. The molecule has 1 aliphatic carbocycles. The molecule has 2 amide bonds. The van der Waals surface area contributed by atoms with Crippen molar-refractivity contribution in [2.45, 2.75) is 32.2 Å². The number of hydrogen-bond donors (Lipinski definition) is 1. The van der Waals surface area contributed by atoms with Crippen LogP contribution in [0.15, 0.2) is 49.1 Å². The van der Waals surface area contributed by atoms with Gasteiger partial charge < -0.3 is 20.1 Å². The monoisotopic (exact) mass is 539 g/mol. The van der Waals surface area contributed by atoms with Crippen LogP contribution in [0.25, 0.3) is 28.3 Å². The Morgan fingerprint density at radius 2 is 1.88 bits per heavy atom. The van der Waals surface area contributed by atoms with Gasteiger partial charge in [-0.15, -0.1) is 0 Å². The topological polar surface area (TPSA) is 138 Å². The van der Waals surface area contributed by atoms with Crippen molar-refractivity contribution in [3.8, 4) is 34.1 Å². The molecular weight excluding hydrogens is 510 g/mol. The normalized spacial score (nSPS) is 15.7. The highest BCUT2D eigenvalue weighted by Gasteiger charge is 2.39. The van der Waals surface area contributed by atoms with E-state index in [0.29, 0.717) is 61.1 Å². The van der Waals surface area contributed by atoms with Crippen LogP contribution < -0.4 is 10.5 Å². The number of carbonyl (C=O) groups excluding carboxylic acids is 2. The molecule has 204 valence electrons. The average Bonchev–Trinajstić information content (AvgIpc) is 3.36. The van der Waals surface area contributed by atoms with Crippen molar-refractivity contribution in [1.82, 2.24) is 29.6 Å². The van der Waals surface area contributed by atoms with Crippen molar-refractivity contribution >= 4 is 11.8 Å². The van der Waals surface area contributed by atoms with Crippen LogP contribution in [0, 0.1) is 0 Å². The summed E-state index contributed by atoms with van der Waals surface area (Å²) in [6, 6.07) is 7.40. The van der Waals surface area contributed by atoms with Crippen molar-refractivity contribution in [3.63, 3.8) is 0 Å². The van der Waals surface area contributed by atoms with Crippen LogP contribution in [0.1, 0.15) is 45.8 Å². The summed E-state index contributed by atoms with van der Waals surface area (Å²) in [7, 11) is 1.60. The lowest BCUT2D eigenvalue weighted by Crippen LogP contribution is -2.55. The van der Waals surface area contributed by atoms with E-state index >= 15 is 0 Å². The summed E-state index contributed by atoms with van der Waals surface area (Å²) in [4.78, 5) is 40.8. The molecule has 1 saturated heterocycles. The van der Waals surface area contributed by atoms with Crippen molar-refractivity contribution in [1.29, 1.82) is 0 Å². The van der Waals surface area contributed by atoms with Crippen LogP contribution in [-0.2, 0) is 17.6 Å². The number of fused-ring (bicyclic) bond motifs is 3. The van der Waals surface area contributed by atoms with E-state index in [1.54, 1.807) is 42.5 Å². The number of benzene rings is 1. The van der Waals surface area contributed by atoms with Crippen LogP contribution in [0.2, 0.25) is 0 Å². The highest BCUT2D eigenvalue weighted by Crippen LogP contribution is 2.43. The Bertz CT molecular complexity index is 1630. The minimum Gasteiger partial charge on any atom is -0.496 e. The first kappa shape index (κ1) is 25.6. The molecule has 0 saturated carbocycles. The van der Waals surface area contributed by atoms with Crippen LogP contribution in [-0.4, -0.2) is 73.9 Å². The summed E-state index contributed by atoms with van der Waals surface area (Å²) in [5.74, 6) is 0.289. The number of amides is 2. The Morgan fingerprint density at radius 1 is 1.07 bits per heavy atom. The number of morpholine rings is 1. The molecule has 4 aromatic rings. The zero-order valence-corrected chi connectivity index (χ0v) is 22.5. The average molecular weight is 540 g/mol. The zero-order valence-electron chi connectivity index (χ0n) is 22.5. The van der Waals surface area contributed by atoms with Crippen molar-refractivity contribution < 1.29 is 19.1 Å². The Labute approximate surface area is 231 Å². The number of primary amides is 1. The Morgan fingerprint density at radius 3 is 2.60 bits per heavy atom. The third-order valence-electron chi connectivity index (χ3n) is 7.48. The minimum atomic E-state index is -0.568. The third kappa shape index (κ3) is 4.28. The second-order valence-electron chi connectivity index (χ2n) is 10.5. The molecule has 11 nitrogen and oxygen atoms in total. The number of nitrogens with zero attached hydrogens (tertiary/aromatic N) is 6. The zero-order chi connectivity index (χ0) is 28.0. The van der Waals surface area contributed by atoms with Crippen molar-refractivity contribution in [2.75, 3.05) is 26.9 Å². The molecule has 1 fully saturated rings. The molecule has 0 radical (unpaired) electrons. The maximum absolute atomic E-state index is 14.0. The fourth-order valence-electron chi connectivity index (χ4n) is 5.47. The van der Waals surface area contributed by atoms with Gasteiger partial charge in [-0.1, -0.05) is 0 Å². The first-order valence-electron chi connectivity index (χ1n) is 13.0. The summed E-state index contributed by atoms with van der Waals surface area (Å²) in [5, 5.41) is 4.84. The Kier molecular flexibility index (Phi) is 6.30. The molecule has 4 heterocycles. The molecule has 40 heavy (non-hydrogen) atoms. The molecular formula is C29H29N7O4. The highest BCUT2D eigenvalue weighted by atomic mass is 16.5. The van der Waals surface area contributed by atoms with Gasteiger partial charge in [0.15, 0.2) is 5.69 Å². The van der Waals surface area contributed by atoms with Gasteiger partial charge in [0.1, 0.15) is 5.75 Å². The van der Waals surface area contributed by atoms with E-state index in [2.05, 4.69) is 15.0 Å². The molecule has 0 unspecified atom stereocenters. The molecule has 1 aromatic carbocycles. The van der Waals surface area contributed by atoms with E-state index in [9.17, 15) is 9.59 Å². The summed E-state index contributed by atoms with van der Waals surface area (Å²) in [6.45, 7) is 5.40. The first-order valence-corrected chi connectivity index (χ1v) is 13.0. The van der Waals surface area contributed by atoms with Gasteiger partial charge in [-0.25, -0.2) is 9.97 Å². The largest absolute Gasteiger partial charge is 0.496 e. The number of methoxy groups -OCH3 is 1. The van der Waals surface area contributed by atoms with E-state index in [1.165, 1.54) is 6.20 Å². The van der Waals surface area contributed by atoms with Crippen molar-refractivity contribution in [2.24, 2.45) is 5.73 Å². The first-order chi connectivity index (χ1) is 19.3. The van der Waals surface area contributed by atoms with Gasteiger partial charge >= 0.3 is 0 Å². The number of aromatic nitrogens is 5. The molecule has 0 spiro atoms. The highest BCUT2D eigenvalue weighted by molar-refractivity contribution is 5.98. The van der Waals surface area contributed by atoms with E-state index < -0.39 is 11.4 Å². The molecule has 3 aromatic heterocycles. The summed E-state index contributed by atoms with van der Waals surface area (Å²) < 4.78 is 13.1. The SMILES string of the molecule is COc1cc2c(cc1-c1cncc(C(N)=O)c1)-c1c(c(C(=O)N3CCOCC3(C)C)nn1-c1ncccn1)CC2. The van der Waals surface area contributed by atoms with Crippen LogP contribution >= 0.6 is 0 Å². The molecule has 0 bridgehead atoms. The maximum Gasteiger partial charge on any atom is 0.275 e. The van der Waals surface area contributed by atoms with Crippen LogP contribution in [0.5, 0.6) is 5.75 Å². The van der Waals surface area contributed by atoms with Gasteiger partial charge in [0, 0.05) is 53.6 Å². The molecule has 1 aliphatic heterocycles.